The topological polar surface area (TPSA) is 59.4 Å². The maximum absolute atomic E-state index is 13.2. The predicted molar refractivity (Wildman–Crippen MR) is 87.0 cm³/mol. The van der Waals surface area contributed by atoms with Crippen molar-refractivity contribution in [3.63, 3.8) is 0 Å². The van der Waals surface area contributed by atoms with Crippen LogP contribution >= 0.6 is 0 Å². The average molecular weight is 332 g/mol. The molecule has 2 amide bonds. The highest BCUT2D eigenvalue weighted by atomic mass is 19.1. The summed E-state index contributed by atoms with van der Waals surface area (Å²) >= 11 is 0. The number of aromatic nitrogens is 2. The molecule has 6 nitrogen and oxygen atoms in total. The first-order valence-electron chi connectivity index (χ1n) is 7.94. The first-order chi connectivity index (χ1) is 11.6. The smallest absolute Gasteiger partial charge is 0.318 e. The lowest BCUT2D eigenvalue weighted by molar-refractivity contribution is 0.0186. The van der Waals surface area contributed by atoms with Crippen molar-refractivity contribution in [2.45, 2.75) is 19.0 Å². The molecule has 1 aromatic heterocycles. The molecule has 7 heteroatoms. The summed E-state index contributed by atoms with van der Waals surface area (Å²) in [6.07, 6.45) is 3.49. The fourth-order valence-corrected chi connectivity index (χ4v) is 2.84. The van der Waals surface area contributed by atoms with E-state index in [2.05, 4.69) is 10.3 Å². The number of amides is 2. The molecule has 2 heterocycles. The van der Waals surface area contributed by atoms with E-state index in [1.165, 1.54) is 12.1 Å². The van der Waals surface area contributed by atoms with Crippen LogP contribution in [0.1, 0.15) is 24.4 Å². The zero-order valence-corrected chi connectivity index (χ0v) is 13.8. The molecule has 0 spiro atoms. The van der Waals surface area contributed by atoms with Crippen molar-refractivity contribution in [1.82, 2.24) is 19.8 Å². The highest BCUT2D eigenvalue weighted by molar-refractivity contribution is 5.75. The van der Waals surface area contributed by atoms with Gasteiger partial charge < -0.3 is 19.5 Å². The van der Waals surface area contributed by atoms with E-state index in [0.717, 1.165) is 5.56 Å². The van der Waals surface area contributed by atoms with Crippen molar-refractivity contribution in [2.24, 2.45) is 7.05 Å². The Morgan fingerprint density at radius 2 is 2.17 bits per heavy atom. The van der Waals surface area contributed by atoms with Crippen molar-refractivity contribution in [3.8, 4) is 0 Å². The number of halogens is 1. The maximum atomic E-state index is 13.2. The molecule has 3 rings (SSSR count). The molecular weight excluding hydrogens is 311 g/mol. The minimum Gasteiger partial charge on any atom is -0.377 e. The van der Waals surface area contributed by atoms with Crippen molar-refractivity contribution in [2.75, 3.05) is 19.8 Å². The lowest BCUT2D eigenvalue weighted by Crippen LogP contribution is -2.52. The number of ether oxygens (including phenoxy) is 1. The molecule has 1 saturated heterocycles. The van der Waals surface area contributed by atoms with Crippen LogP contribution in [0, 0.1) is 5.82 Å². The van der Waals surface area contributed by atoms with Crippen LogP contribution in [0.2, 0.25) is 0 Å². The molecule has 2 atom stereocenters. The molecular formula is C17H21FN4O2. The largest absolute Gasteiger partial charge is 0.377 e. The summed E-state index contributed by atoms with van der Waals surface area (Å²) in [5.74, 6) is 0.376. The van der Waals surface area contributed by atoms with Gasteiger partial charge in [-0.05, 0) is 24.6 Å². The number of hydrogen-bond acceptors (Lipinski definition) is 3. The van der Waals surface area contributed by atoms with Crippen LogP contribution in [0.3, 0.4) is 0 Å². The molecule has 1 fully saturated rings. The van der Waals surface area contributed by atoms with E-state index in [-0.39, 0.29) is 17.9 Å². The first-order valence-corrected chi connectivity index (χ1v) is 7.94. The fourth-order valence-electron chi connectivity index (χ4n) is 2.84. The van der Waals surface area contributed by atoms with E-state index in [4.69, 9.17) is 4.74 Å². The number of nitrogens with one attached hydrogen (secondary N) is 1. The molecule has 128 valence electrons. The van der Waals surface area contributed by atoms with E-state index in [1.54, 1.807) is 23.2 Å². The summed E-state index contributed by atoms with van der Waals surface area (Å²) in [4.78, 5) is 18.8. The van der Waals surface area contributed by atoms with Crippen LogP contribution in [0.25, 0.3) is 0 Å². The van der Waals surface area contributed by atoms with Crippen molar-refractivity contribution >= 4 is 6.03 Å². The van der Waals surface area contributed by atoms with Crippen molar-refractivity contribution in [1.29, 1.82) is 0 Å². The summed E-state index contributed by atoms with van der Waals surface area (Å²) in [5.41, 5.74) is 0.778. The lowest BCUT2D eigenvalue weighted by atomic mass is 10.1. The molecule has 1 aromatic carbocycles. The van der Waals surface area contributed by atoms with Crippen molar-refractivity contribution in [3.05, 3.63) is 53.9 Å². The number of nitrogens with zero attached hydrogens (tertiary/aromatic N) is 3. The molecule has 0 unspecified atom stereocenters. The minimum atomic E-state index is -0.451. The van der Waals surface area contributed by atoms with E-state index in [1.807, 2.05) is 24.7 Å². The highest BCUT2D eigenvalue weighted by Crippen LogP contribution is 2.21. The second-order valence-corrected chi connectivity index (χ2v) is 5.95. The Hall–Kier alpha value is -2.41. The third kappa shape index (κ3) is 3.41. The minimum absolute atomic E-state index is 0.00832. The Balaban J connectivity index is 1.86. The van der Waals surface area contributed by atoms with Gasteiger partial charge in [0.2, 0.25) is 0 Å². The maximum Gasteiger partial charge on any atom is 0.318 e. The van der Waals surface area contributed by atoms with Gasteiger partial charge in [-0.15, -0.1) is 0 Å². The number of benzene rings is 1. The van der Waals surface area contributed by atoms with Crippen LogP contribution < -0.4 is 5.32 Å². The molecule has 1 aliphatic rings. The number of urea groups is 1. The summed E-state index contributed by atoms with van der Waals surface area (Å²) < 4.78 is 20.5. The molecule has 0 aliphatic carbocycles. The zero-order chi connectivity index (χ0) is 17.1. The second-order valence-electron chi connectivity index (χ2n) is 5.95. The van der Waals surface area contributed by atoms with E-state index >= 15 is 0 Å². The van der Waals surface area contributed by atoms with Gasteiger partial charge in [0.05, 0.1) is 19.3 Å². The zero-order valence-electron chi connectivity index (χ0n) is 13.8. The standard InChI is InChI=1S/C17H21FN4O2/c1-12-11-24-10-9-22(12)17(23)20-15(16-19-7-8-21(16)2)13-3-5-14(18)6-4-13/h3-8,12,15H,9-11H2,1-2H3,(H,20,23)/t12-,15-/m1/s1. The van der Waals surface area contributed by atoms with Gasteiger partial charge in [-0.3, -0.25) is 0 Å². The van der Waals surface area contributed by atoms with Gasteiger partial charge in [0.15, 0.2) is 0 Å². The second kappa shape index (κ2) is 7.00. The number of aryl methyl sites for hydroxylation is 1. The van der Waals surface area contributed by atoms with Crippen LogP contribution in [0.4, 0.5) is 9.18 Å². The number of morpholine rings is 1. The third-order valence-corrected chi connectivity index (χ3v) is 4.22. The van der Waals surface area contributed by atoms with E-state index < -0.39 is 6.04 Å². The molecule has 0 saturated carbocycles. The average Bonchev–Trinajstić information content (AvgIpc) is 2.99. The Morgan fingerprint density at radius 1 is 1.42 bits per heavy atom. The summed E-state index contributed by atoms with van der Waals surface area (Å²) in [6.45, 7) is 3.55. The first kappa shape index (κ1) is 16.4. The van der Waals surface area contributed by atoms with Gasteiger partial charge in [0.1, 0.15) is 17.7 Å². The number of rotatable bonds is 3. The van der Waals surface area contributed by atoms with Gasteiger partial charge in [-0.2, -0.15) is 0 Å². The summed E-state index contributed by atoms with van der Waals surface area (Å²) in [6, 6.07) is 5.48. The number of imidazole rings is 1. The molecule has 1 aliphatic heterocycles. The Kier molecular flexibility index (Phi) is 4.80. The molecule has 2 aromatic rings. The normalized spacial score (nSPS) is 19.1. The molecule has 0 radical (unpaired) electrons. The lowest BCUT2D eigenvalue weighted by Gasteiger charge is -2.34. The van der Waals surface area contributed by atoms with Crippen LogP contribution in [0.15, 0.2) is 36.7 Å². The SMILES string of the molecule is C[C@@H]1COCCN1C(=O)N[C@H](c1ccc(F)cc1)c1nccn1C. The number of hydrogen-bond donors (Lipinski definition) is 1. The Labute approximate surface area is 140 Å². The van der Waals surface area contributed by atoms with Gasteiger partial charge >= 0.3 is 6.03 Å². The predicted octanol–water partition coefficient (Wildman–Crippen LogP) is 2.08. The highest BCUT2D eigenvalue weighted by Gasteiger charge is 2.28. The summed E-state index contributed by atoms with van der Waals surface area (Å²) in [5, 5.41) is 3.02. The van der Waals surface area contributed by atoms with Crippen LogP contribution in [-0.4, -0.2) is 46.3 Å². The number of carbonyl (C=O) groups excluding carboxylic acids is 1. The van der Waals surface area contributed by atoms with Crippen molar-refractivity contribution < 1.29 is 13.9 Å². The van der Waals surface area contributed by atoms with Gasteiger partial charge in [0, 0.05) is 26.0 Å². The fraction of sp³-hybridized carbons (Fsp3) is 0.412. The molecule has 1 N–H and O–H groups in total. The molecule has 24 heavy (non-hydrogen) atoms. The number of carbonyl (C=O) groups is 1. The molecule has 0 bridgehead atoms. The van der Waals surface area contributed by atoms with Gasteiger partial charge in [-0.1, -0.05) is 12.1 Å². The summed E-state index contributed by atoms with van der Waals surface area (Å²) in [7, 11) is 1.86. The third-order valence-electron chi connectivity index (χ3n) is 4.22. The van der Waals surface area contributed by atoms with Crippen LogP contribution in [0.5, 0.6) is 0 Å². The Morgan fingerprint density at radius 3 is 2.79 bits per heavy atom. The van der Waals surface area contributed by atoms with E-state index in [0.29, 0.717) is 25.6 Å². The van der Waals surface area contributed by atoms with Crippen LogP contribution in [-0.2, 0) is 11.8 Å². The monoisotopic (exact) mass is 332 g/mol. The van der Waals surface area contributed by atoms with Gasteiger partial charge in [-0.25, -0.2) is 14.2 Å². The van der Waals surface area contributed by atoms with Gasteiger partial charge in [0.25, 0.3) is 0 Å². The quantitative estimate of drug-likeness (QED) is 0.936. The Bertz CT molecular complexity index is 701. The van der Waals surface area contributed by atoms with E-state index in [9.17, 15) is 9.18 Å².